The molecule has 0 aromatic heterocycles. The molecular formula is C7H7NaO5S. The van der Waals surface area contributed by atoms with Crippen LogP contribution in [0.2, 0.25) is 0 Å². The molecule has 0 heterocycles. The monoisotopic (exact) mass is 226 g/mol. The minimum atomic E-state index is -4.62. The predicted octanol–water partition coefficient (Wildman–Crippen LogP) is -3.36. The number of hydrogen-bond acceptors (Lipinski definition) is 4. The molecule has 1 unspecified atom stereocenters. The average Bonchev–Trinajstić information content (AvgIpc) is 2.02. The fraction of sp³-hybridized carbons (Fsp3) is 0.143. The van der Waals surface area contributed by atoms with Crippen LogP contribution in [0.1, 0.15) is 11.0 Å². The van der Waals surface area contributed by atoms with Gasteiger partial charge in [-0.25, -0.2) is 0 Å². The summed E-state index contributed by atoms with van der Waals surface area (Å²) in [6.45, 7) is 0. The molecule has 0 amide bonds. The van der Waals surface area contributed by atoms with Gasteiger partial charge in [-0.15, -0.1) is 5.75 Å². The first-order chi connectivity index (χ1) is 5.93. The van der Waals surface area contributed by atoms with Gasteiger partial charge in [0.15, 0.2) is 0 Å². The van der Waals surface area contributed by atoms with Crippen molar-refractivity contribution in [3.05, 3.63) is 29.8 Å². The number of para-hydroxylation sites is 1. The summed E-state index contributed by atoms with van der Waals surface area (Å²) in [5.74, 6) is -0.632. The summed E-state index contributed by atoms with van der Waals surface area (Å²) in [4.78, 5) is 0. The zero-order valence-electron chi connectivity index (χ0n) is 7.41. The summed E-state index contributed by atoms with van der Waals surface area (Å²) in [5.41, 5.74) is -2.52. The second-order valence-electron chi connectivity index (χ2n) is 2.41. The second-order valence-corrected chi connectivity index (χ2v) is 3.88. The van der Waals surface area contributed by atoms with E-state index in [4.69, 9.17) is 9.66 Å². The molecule has 0 aliphatic carbocycles. The molecule has 0 bridgehead atoms. The van der Waals surface area contributed by atoms with Crippen molar-refractivity contribution in [3.63, 3.8) is 0 Å². The fourth-order valence-corrected chi connectivity index (χ4v) is 1.36. The maximum absolute atomic E-state index is 11.0. The smallest absolute Gasteiger partial charge is 0.872 e. The Kier molecular flexibility index (Phi) is 5.07. The Morgan fingerprint density at radius 2 is 1.79 bits per heavy atom. The summed E-state index contributed by atoms with van der Waals surface area (Å²) in [5, 5.41) is 20.0. The topological polar surface area (TPSA) is 97.7 Å². The van der Waals surface area contributed by atoms with Gasteiger partial charge in [-0.05, 0) is 5.56 Å². The minimum absolute atomic E-state index is 0. The number of rotatable bonds is 2. The Bertz CT molecular complexity index is 402. The van der Waals surface area contributed by atoms with E-state index in [0.29, 0.717) is 0 Å². The molecule has 0 aliphatic rings. The summed E-state index contributed by atoms with van der Waals surface area (Å²) in [6.07, 6.45) is 0. The number of aliphatic hydroxyl groups excluding tert-OH is 1. The standard InChI is InChI=1S/C7H8O5S.Na/c8-6-4-2-1-3-5(6)7(9)13(10,11)12;/h1-4,7-9H,(H,10,11,12);/q;+1/p-1. The molecule has 5 nitrogen and oxygen atoms in total. The van der Waals surface area contributed by atoms with Crippen LogP contribution in [0.15, 0.2) is 24.3 Å². The van der Waals surface area contributed by atoms with E-state index in [0.717, 1.165) is 12.1 Å². The van der Waals surface area contributed by atoms with Crippen LogP contribution in [-0.4, -0.2) is 18.1 Å². The third-order valence-corrected chi connectivity index (χ3v) is 2.29. The largest absolute Gasteiger partial charge is 1.00 e. The van der Waals surface area contributed by atoms with E-state index in [1.165, 1.54) is 12.1 Å². The third kappa shape index (κ3) is 3.23. The number of hydrogen-bond donors (Lipinski definition) is 2. The predicted molar refractivity (Wildman–Crippen MR) is 42.4 cm³/mol. The Balaban J connectivity index is 0.00000169. The van der Waals surface area contributed by atoms with Crippen LogP contribution in [0.5, 0.6) is 5.75 Å². The van der Waals surface area contributed by atoms with Crippen LogP contribution in [0.4, 0.5) is 0 Å². The van der Waals surface area contributed by atoms with Crippen molar-refractivity contribution in [3.8, 4) is 5.75 Å². The van der Waals surface area contributed by atoms with Crippen LogP contribution in [-0.2, 0) is 10.1 Å². The molecule has 0 saturated heterocycles. The molecule has 72 valence electrons. The first-order valence-corrected chi connectivity index (χ1v) is 4.83. The Labute approximate surface area is 103 Å². The van der Waals surface area contributed by atoms with E-state index >= 15 is 0 Å². The fourth-order valence-electron chi connectivity index (χ4n) is 0.845. The van der Waals surface area contributed by atoms with Gasteiger partial charge in [0.1, 0.15) is 0 Å². The van der Waals surface area contributed by atoms with Crippen molar-refractivity contribution in [2.45, 2.75) is 5.44 Å². The molecule has 0 saturated carbocycles. The quantitative estimate of drug-likeness (QED) is 0.405. The van der Waals surface area contributed by atoms with Crippen LogP contribution in [0.3, 0.4) is 0 Å². The second kappa shape index (κ2) is 5.11. The van der Waals surface area contributed by atoms with E-state index in [-0.39, 0.29) is 35.1 Å². The molecular weight excluding hydrogens is 219 g/mol. The normalized spacial score (nSPS) is 13.0. The zero-order valence-corrected chi connectivity index (χ0v) is 10.2. The van der Waals surface area contributed by atoms with Crippen molar-refractivity contribution >= 4 is 10.1 Å². The first-order valence-electron chi connectivity index (χ1n) is 3.33. The maximum Gasteiger partial charge on any atom is 1.00 e. The van der Waals surface area contributed by atoms with E-state index < -0.39 is 21.3 Å². The SMILES string of the molecule is O=S(=O)(O)C(O)c1ccccc1[O-].[Na+]. The summed E-state index contributed by atoms with van der Waals surface area (Å²) >= 11 is 0. The van der Waals surface area contributed by atoms with Gasteiger partial charge in [-0.1, -0.05) is 24.3 Å². The molecule has 0 radical (unpaired) electrons. The van der Waals surface area contributed by atoms with Crippen LogP contribution in [0.25, 0.3) is 0 Å². The van der Waals surface area contributed by atoms with Crippen molar-refractivity contribution in [2.75, 3.05) is 0 Å². The maximum atomic E-state index is 11.0. The van der Waals surface area contributed by atoms with Gasteiger partial charge in [-0.2, -0.15) is 8.42 Å². The first kappa shape index (κ1) is 13.9. The summed E-state index contributed by atoms with van der Waals surface area (Å²) in [6, 6.07) is 5.04. The van der Waals surface area contributed by atoms with Crippen LogP contribution in [0, 0.1) is 0 Å². The van der Waals surface area contributed by atoms with E-state index in [1.54, 1.807) is 0 Å². The molecule has 1 rings (SSSR count). The van der Waals surface area contributed by atoms with E-state index in [1.807, 2.05) is 0 Å². The van der Waals surface area contributed by atoms with Gasteiger partial charge >= 0.3 is 29.6 Å². The molecule has 0 spiro atoms. The zero-order chi connectivity index (χ0) is 10.1. The third-order valence-electron chi connectivity index (χ3n) is 1.47. The van der Waals surface area contributed by atoms with E-state index in [2.05, 4.69) is 0 Å². The Hall–Kier alpha value is -0.110. The van der Waals surface area contributed by atoms with Crippen molar-refractivity contribution in [1.82, 2.24) is 0 Å². The molecule has 7 heteroatoms. The van der Waals surface area contributed by atoms with Crippen molar-refractivity contribution < 1.29 is 52.7 Å². The van der Waals surface area contributed by atoms with Crippen LogP contribution >= 0.6 is 0 Å². The molecule has 2 N–H and O–H groups in total. The van der Waals surface area contributed by atoms with Crippen molar-refractivity contribution in [1.29, 1.82) is 0 Å². The van der Waals surface area contributed by atoms with Gasteiger partial charge < -0.3 is 10.2 Å². The van der Waals surface area contributed by atoms with Crippen LogP contribution < -0.4 is 34.7 Å². The molecule has 0 aliphatic heterocycles. The van der Waals surface area contributed by atoms with Gasteiger partial charge in [0, 0.05) is 0 Å². The molecule has 1 aromatic carbocycles. The van der Waals surface area contributed by atoms with Crippen molar-refractivity contribution in [2.24, 2.45) is 0 Å². The number of benzene rings is 1. The van der Waals surface area contributed by atoms with Gasteiger partial charge in [0.05, 0.1) is 0 Å². The summed E-state index contributed by atoms with van der Waals surface area (Å²) in [7, 11) is -4.62. The van der Waals surface area contributed by atoms with Gasteiger partial charge in [-0.3, -0.25) is 4.55 Å². The summed E-state index contributed by atoms with van der Waals surface area (Å²) < 4.78 is 29.3. The minimum Gasteiger partial charge on any atom is -0.872 e. The number of aliphatic hydroxyl groups is 1. The molecule has 14 heavy (non-hydrogen) atoms. The van der Waals surface area contributed by atoms with Gasteiger partial charge in [0.25, 0.3) is 10.1 Å². The van der Waals surface area contributed by atoms with Gasteiger partial charge in [0.2, 0.25) is 5.44 Å². The molecule has 1 aromatic rings. The Morgan fingerprint density at radius 3 is 2.21 bits per heavy atom. The Morgan fingerprint density at radius 1 is 1.29 bits per heavy atom. The molecule has 1 atom stereocenters. The van der Waals surface area contributed by atoms with E-state index in [9.17, 15) is 13.5 Å². The molecule has 0 fully saturated rings. The average molecular weight is 226 g/mol.